The summed E-state index contributed by atoms with van der Waals surface area (Å²) >= 11 is 0. The minimum Gasteiger partial charge on any atom is -0.493 e. The second-order valence-corrected chi connectivity index (χ2v) is 5.01. The molecular formula is C17H21ClFNO3. The molecule has 0 aromatic heterocycles. The minimum atomic E-state index is -0.907. The maximum absolute atomic E-state index is 14.2. The van der Waals surface area contributed by atoms with E-state index in [0.717, 1.165) is 5.56 Å². The lowest BCUT2D eigenvalue weighted by atomic mass is 9.96. The minimum absolute atomic E-state index is 0. The van der Waals surface area contributed by atoms with Crippen LogP contribution in [0, 0.1) is 5.82 Å². The van der Waals surface area contributed by atoms with Gasteiger partial charge in [0.05, 0.1) is 26.4 Å². The predicted octanol–water partition coefficient (Wildman–Crippen LogP) is 2.87. The third kappa shape index (κ3) is 4.58. The van der Waals surface area contributed by atoms with Crippen LogP contribution >= 0.6 is 12.4 Å². The van der Waals surface area contributed by atoms with Gasteiger partial charge in [-0.1, -0.05) is 30.3 Å². The summed E-state index contributed by atoms with van der Waals surface area (Å²) in [5.41, 5.74) is 7.15. The summed E-state index contributed by atoms with van der Waals surface area (Å²) in [6, 6.07) is 11.2. The molecule has 0 bridgehead atoms. The first-order chi connectivity index (χ1) is 10.6. The molecule has 0 amide bonds. The Morgan fingerprint density at radius 1 is 1.09 bits per heavy atom. The van der Waals surface area contributed by atoms with Gasteiger partial charge >= 0.3 is 0 Å². The Balaban J connectivity index is 0.00000264. The number of rotatable bonds is 6. The van der Waals surface area contributed by atoms with Crippen LogP contribution in [0.3, 0.4) is 0 Å². The Morgan fingerprint density at radius 3 is 2.22 bits per heavy atom. The second kappa shape index (κ2) is 8.72. The topological polar surface area (TPSA) is 64.7 Å². The van der Waals surface area contributed by atoms with E-state index in [1.54, 1.807) is 0 Å². The van der Waals surface area contributed by atoms with Gasteiger partial charge in [0, 0.05) is 18.1 Å². The third-order valence-electron chi connectivity index (χ3n) is 3.56. The van der Waals surface area contributed by atoms with Crippen molar-refractivity contribution in [3.63, 3.8) is 0 Å². The zero-order valence-corrected chi connectivity index (χ0v) is 13.8. The van der Waals surface area contributed by atoms with E-state index >= 15 is 0 Å². The van der Waals surface area contributed by atoms with Crippen molar-refractivity contribution in [2.45, 2.75) is 18.6 Å². The normalized spacial score (nSPS) is 12.9. The van der Waals surface area contributed by atoms with Crippen molar-refractivity contribution in [2.24, 2.45) is 5.73 Å². The van der Waals surface area contributed by atoms with Crippen LogP contribution in [-0.4, -0.2) is 25.4 Å². The van der Waals surface area contributed by atoms with E-state index in [1.165, 1.54) is 26.4 Å². The lowest BCUT2D eigenvalue weighted by Gasteiger charge is -2.21. The van der Waals surface area contributed by atoms with Gasteiger partial charge in [-0.25, -0.2) is 4.39 Å². The highest BCUT2D eigenvalue weighted by Crippen LogP contribution is 2.33. The van der Waals surface area contributed by atoms with E-state index in [4.69, 9.17) is 15.2 Å². The molecule has 0 aliphatic carbocycles. The average molecular weight is 342 g/mol. The van der Waals surface area contributed by atoms with Crippen LogP contribution in [0.15, 0.2) is 42.5 Å². The number of benzene rings is 2. The number of aliphatic hydroxyl groups is 1. The van der Waals surface area contributed by atoms with Crippen molar-refractivity contribution in [3.05, 3.63) is 59.4 Å². The molecule has 0 saturated carbocycles. The molecule has 2 rings (SSSR count). The predicted molar refractivity (Wildman–Crippen MR) is 89.8 cm³/mol. The summed E-state index contributed by atoms with van der Waals surface area (Å²) in [5, 5.41) is 10.3. The number of halogens is 2. The molecular weight excluding hydrogens is 321 g/mol. The Morgan fingerprint density at radius 2 is 1.65 bits per heavy atom. The van der Waals surface area contributed by atoms with E-state index in [-0.39, 0.29) is 23.7 Å². The molecule has 0 aliphatic rings. The number of methoxy groups -OCH3 is 2. The van der Waals surface area contributed by atoms with Gasteiger partial charge in [-0.15, -0.1) is 12.4 Å². The van der Waals surface area contributed by atoms with Gasteiger partial charge < -0.3 is 20.3 Å². The summed E-state index contributed by atoms with van der Waals surface area (Å²) < 4.78 is 24.4. The van der Waals surface area contributed by atoms with Gasteiger partial charge in [-0.05, 0) is 11.6 Å². The van der Waals surface area contributed by atoms with E-state index < -0.39 is 18.0 Å². The van der Waals surface area contributed by atoms with Crippen molar-refractivity contribution in [1.82, 2.24) is 0 Å². The maximum atomic E-state index is 14.2. The molecule has 23 heavy (non-hydrogen) atoms. The molecule has 3 N–H and O–H groups in total. The fourth-order valence-electron chi connectivity index (χ4n) is 2.32. The highest BCUT2D eigenvalue weighted by Gasteiger charge is 2.23. The van der Waals surface area contributed by atoms with Crippen LogP contribution < -0.4 is 15.2 Å². The maximum Gasteiger partial charge on any atom is 0.163 e. The first-order valence-corrected chi connectivity index (χ1v) is 6.95. The van der Waals surface area contributed by atoms with Crippen molar-refractivity contribution in [2.75, 3.05) is 14.2 Å². The van der Waals surface area contributed by atoms with Crippen molar-refractivity contribution in [1.29, 1.82) is 0 Å². The highest BCUT2D eigenvalue weighted by atomic mass is 35.5. The molecule has 2 aromatic carbocycles. The molecule has 0 saturated heterocycles. The molecule has 0 heterocycles. The SMILES string of the molecule is COc1cc(F)c([C@H](N)[C@H](O)Cc2ccccc2)cc1OC.Cl. The quantitative estimate of drug-likeness (QED) is 0.848. The standard InChI is InChI=1S/C17H20FNO3.ClH/c1-21-15-9-12(13(18)10-16(15)22-2)17(19)14(20)8-11-6-4-3-5-7-11;/h3-7,9-10,14,17,20H,8,19H2,1-2H3;1H/t14-,17+;/m1./s1. The highest BCUT2D eigenvalue weighted by molar-refractivity contribution is 5.85. The average Bonchev–Trinajstić information content (AvgIpc) is 2.54. The lowest BCUT2D eigenvalue weighted by molar-refractivity contribution is 0.143. The number of hydrogen-bond acceptors (Lipinski definition) is 4. The third-order valence-corrected chi connectivity index (χ3v) is 3.56. The Hall–Kier alpha value is -1.82. The van der Waals surface area contributed by atoms with Crippen LogP contribution in [-0.2, 0) is 6.42 Å². The molecule has 0 fully saturated rings. The Kier molecular flexibility index (Phi) is 7.29. The molecule has 0 radical (unpaired) electrons. The molecule has 6 heteroatoms. The van der Waals surface area contributed by atoms with Crippen LogP contribution in [0.4, 0.5) is 4.39 Å². The van der Waals surface area contributed by atoms with E-state index in [2.05, 4.69) is 0 Å². The molecule has 2 atom stereocenters. The van der Waals surface area contributed by atoms with E-state index in [0.29, 0.717) is 12.2 Å². The van der Waals surface area contributed by atoms with Crippen molar-refractivity contribution >= 4 is 12.4 Å². The van der Waals surface area contributed by atoms with Crippen molar-refractivity contribution in [3.8, 4) is 11.5 Å². The fourth-order valence-corrected chi connectivity index (χ4v) is 2.32. The van der Waals surface area contributed by atoms with Gasteiger partial charge in [0.15, 0.2) is 11.5 Å². The molecule has 0 spiro atoms. The molecule has 4 nitrogen and oxygen atoms in total. The summed E-state index contributed by atoms with van der Waals surface area (Å²) in [5.74, 6) is 0.132. The monoisotopic (exact) mass is 341 g/mol. The largest absolute Gasteiger partial charge is 0.493 e. The van der Waals surface area contributed by atoms with Crippen LogP contribution in [0.25, 0.3) is 0 Å². The second-order valence-electron chi connectivity index (χ2n) is 5.01. The van der Waals surface area contributed by atoms with E-state index in [9.17, 15) is 9.50 Å². The molecule has 0 unspecified atom stereocenters. The van der Waals surface area contributed by atoms with Gasteiger partial charge in [0.25, 0.3) is 0 Å². The number of hydrogen-bond donors (Lipinski definition) is 2. The summed E-state index contributed by atoms with van der Waals surface area (Å²) in [6.07, 6.45) is -0.564. The van der Waals surface area contributed by atoms with Gasteiger partial charge in [0.2, 0.25) is 0 Å². The molecule has 0 aliphatic heterocycles. The number of aliphatic hydroxyl groups excluding tert-OH is 1. The molecule has 126 valence electrons. The zero-order chi connectivity index (χ0) is 16.1. The Bertz CT molecular complexity index is 625. The summed E-state index contributed by atoms with van der Waals surface area (Å²) in [6.45, 7) is 0. The van der Waals surface area contributed by atoms with Gasteiger partial charge in [-0.3, -0.25) is 0 Å². The lowest BCUT2D eigenvalue weighted by Crippen LogP contribution is -2.29. The van der Waals surface area contributed by atoms with Crippen LogP contribution in [0.2, 0.25) is 0 Å². The van der Waals surface area contributed by atoms with Crippen molar-refractivity contribution < 1.29 is 19.0 Å². The fraction of sp³-hybridized carbons (Fsp3) is 0.294. The first-order valence-electron chi connectivity index (χ1n) is 6.95. The van der Waals surface area contributed by atoms with Gasteiger partial charge in [-0.2, -0.15) is 0 Å². The van der Waals surface area contributed by atoms with Crippen LogP contribution in [0.5, 0.6) is 11.5 Å². The molecule has 2 aromatic rings. The van der Waals surface area contributed by atoms with Crippen LogP contribution in [0.1, 0.15) is 17.2 Å². The smallest absolute Gasteiger partial charge is 0.163 e. The van der Waals surface area contributed by atoms with Gasteiger partial charge in [0.1, 0.15) is 5.82 Å². The summed E-state index contributed by atoms with van der Waals surface area (Å²) in [7, 11) is 2.90. The summed E-state index contributed by atoms with van der Waals surface area (Å²) in [4.78, 5) is 0. The van der Waals surface area contributed by atoms with E-state index in [1.807, 2.05) is 30.3 Å². The number of nitrogens with two attached hydrogens (primary N) is 1. The first kappa shape index (κ1) is 19.2. The Labute approximate surface area is 141 Å². The number of ether oxygens (including phenoxy) is 2. The zero-order valence-electron chi connectivity index (χ0n) is 13.0.